The number of halogens is 2. The fourth-order valence-corrected chi connectivity index (χ4v) is 2.86. The summed E-state index contributed by atoms with van der Waals surface area (Å²) < 4.78 is 5.74. The quantitative estimate of drug-likeness (QED) is 0.641. The Hall–Kier alpha value is -2.11. The van der Waals surface area contributed by atoms with Crippen molar-refractivity contribution < 1.29 is 14.6 Å². The Labute approximate surface area is 149 Å². The van der Waals surface area contributed by atoms with E-state index in [2.05, 4.69) is 5.18 Å². The minimum Gasteiger partial charge on any atom is -0.481 e. The second kappa shape index (κ2) is 7.64. The summed E-state index contributed by atoms with van der Waals surface area (Å²) >= 11 is 12.3. The molecular weight excluding hydrogens is 353 g/mol. The van der Waals surface area contributed by atoms with E-state index in [1.807, 2.05) is 13.8 Å². The summed E-state index contributed by atoms with van der Waals surface area (Å²) in [5, 5.41) is 12.3. The number of benzene rings is 2. The summed E-state index contributed by atoms with van der Waals surface area (Å²) in [6.45, 7) is 3.88. The average Bonchev–Trinajstić information content (AvgIpc) is 2.50. The van der Waals surface area contributed by atoms with Gasteiger partial charge < -0.3 is 9.84 Å². The fourth-order valence-electron chi connectivity index (χ4n) is 2.25. The lowest BCUT2D eigenvalue weighted by atomic mass is 10.0. The van der Waals surface area contributed by atoms with E-state index in [0.717, 1.165) is 5.56 Å². The zero-order valence-corrected chi connectivity index (χ0v) is 14.6. The van der Waals surface area contributed by atoms with E-state index in [1.54, 1.807) is 18.2 Å². The molecule has 0 aliphatic rings. The number of carboxylic acids is 1. The highest BCUT2D eigenvalue weighted by atomic mass is 35.5. The number of nitrogens with zero attached hydrogens (tertiary/aromatic N) is 1. The van der Waals surface area contributed by atoms with Gasteiger partial charge >= 0.3 is 5.97 Å². The smallest absolute Gasteiger partial charge is 0.307 e. The van der Waals surface area contributed by atoms with Crippen LogP contribution in [0.2, 0.25) is 10.0 Å². The molecule has 2 aromatic rings. The Morgan fingerprint density at radius 1 is 1.21 bits per heavy atom. The standard InChI is InChI=1S/C17H15Cl2NO4/c1-9(2)12-8-11(3-4-15(12)20-23)24-17-13(18)5-10(6-14(17)19)7-16(21)22/h3-6,8-9H,7H2,1-2H3,(H,21,22). The van der Waals surface area contributed by atoms with Crippen molar-refractivity contribution in [3.63, 3.8) is 0 Å². The number of aliphatic carboxylic acids is 1. The fraction of sp³-hybridized carbons (Fsp3) is 0.235. The molecule has 0 aliphatic heterocycles. The SMILES string of the molecule is CC(C)c1cc(Oc2c(Cl)cc(CC(=O)O)cc2Cl)ccc1N=O. The molecule has 0 bridgehead atoms. The van der Waals surface area contributed by atoms with Crippen LogP contribution in [0.5, 0.6) is 11.5 Å². The normalized spacial score (nSPS) is 10.7. The third-order valence-corrected chi connectivity index (χ3v) is 3.91. The Bertz CT molecular complexity index is 767. The van der Waals surface area contributed by atoms with Crippen LogP contribution in [0.25, 0.3) is 0 Å². The molecule has 0 fully saturated rings. The van der Waals surface area contributed by atoms with Crippen LogP contribution < -0.4 is 4.74 Å². The molecule has 0 saturated heterocycles. The molecule has 5 nitrogen and oxygen atoms in total. The number of rotatable bonds is 6. The summed E-state index contributed by atoms with van der Waals surface area (Å²) in [7, 11) is 0. The van der Waals surface area contributed by atoms with Crippen molar-refractivity contribution in [3.05, 3.63) is 56.4 Å². The van der Waals surface area contributed by atoms with Gasteiger partial charge in [0, 0.05) is 0 Å². The molecule has 1 N–H and O–H groups in total. The number of ether oxygens (including phenoxy) is 1. The Kier molecular flexibility index (Phi) is 5.80. The van der Waals surface area contributed by atoms with Crippen LogP contribution in [0, 0.1) is 4.91 Å². The van der Waals surface area contributed by atoms with Crippen LogP contribution in [-0.2, 0) is 11.2 Å². The first-order chi connectivity index (χ1) is 11.3. The molecule has 0 amide bonds. The predicted molar refractivity (Wildman–Crippen MR) is 93.9 cm³/mol. The predicted octanol–water partition coefficient (Wildman–Crippen LogP) is 5.93. The maximum atomic E-state index is 10.9. The van der Waals surface area contributed by atoms with E-state index < -0.39 is 5.97 Å². The van der Waals surface area contributed by atoms with Gasteiger partial charge in [-0.3, -0.25) is 4.79 Å². The van der Waals surface area contributed by atoms with Crippen LogP contribution in [-0.4, -0.2) is 11.1 Å². The van der Waals surface area contributed by atoms with E-state index >= 15 is 0 Å². The highest BCUT2D eigenvalue weighted by molar-refractivity contribution is 6.37. The maximum absolute atomic E-state index is 10.9. The lowest BCUT2D eigenvalue weighted by molar-refractivity contribution is -0.136. The number of carbonyl (C=O) groups is 1. The summed E-state index contributed by atoms with van der Waals surface area (Å²) in [5.41, 5.74) is 1.58. The number of carboxylic acid groups (broad SMARTS) is 1. The number of hydrogen-bond acceptors (Lipinski definition) is 4. The van der Waals surface area contributed by atoms with Crippen molar-refractivity contribution in [1.29, 1.82) is 0 Å². The third-order valence-electron chi connectivity index (χ3n) is 3.35. The number of nitroso groups, excluding NO2 is 1. The van der Waals surface area contributed by atoms with Crippen LogP contribution in [0.3, 0.4) is 0 Å². The first-order valence-corrected chi connectivity index (χ1v) is 7.92. The monoisotopic (exact) mass is 367 g/mol. The van der Waals surface area contributed by atoms with Gasteiger partial charge in [0.1, 0.15) is 11.4 Å². The van der Waals surface area contributed by atoms with Crippen molar-refractivity contribution >= 4 is 34.9 Å². The summed E-state index contributed by atoms with van der Waals surface area (Å²) in [6.07, 6.45) is -0.184. The topological polar surface area (TPSA) is 76.0 Å². The van der Waals surface area contributed by atoms with Crippen LogP contribution in [0.4, 0.5) is 5.69 Å². The highest BCUT2D eigenvalue weighted by Gasteiger charge is 2.15. The summed E-state index contributed by atoms with van der Waals surface area (Å²) in [4.78, 5) is 21.6. The molecule has 0 heterocycles. The number of hydrogen-bond donors (Lipinski definition) is 1. The Morgan fingerprint density at radius 3 is 2.33 bits per heavy atom. The molecule has 7 heteroatoms. The van der Waals surface area contributed by atoms with Gasteiger partial charge in [-0.05, 0) is 52.6 Å². The van der Waals surface area contributed by atoms with Gasteiger partial charge in [0.15, 0.2) is 5.75 Å². The molecule has 0 unspecified atom stereocenters. The van der Waals surface area contributed by atoms with E-state index in [0.29, 0.717) is 17.0 Å². The van der Waals surface area contributed by atoms with Gasteiger partial charge in [-0.1, -0.05) is 37.0 Å². The molecule has 0 aliphatic carbocycles. The van der Waals surface area contributed by atoms with Crippen molar-refractivity contribution in [2.75, 3.05) is 0 Å². The lowest BCUT2D eigenvalue weighted by Gasteiger charge is -2.14. The Morgan fingerprint density at radius 2 is 1.83 bits per heavy atom. The molecular formula is C17H15Cl2NO4. The minimum absolute atomic E-state index is 0.0881. The van der Waals surface area contributed by atoms with Crippen molar-refractivity contribution in [3.8, 4) is 11.5 Å². The first kappa shape index (κ1) is 18.2. The molecule has 0 atom stereocenters. The van der Waals surface area contributed by atoms with Crippen molar-refractivity contribution in [1.82, 2.24) is 0 Å². The zero-order valence-electron chi connectivity index (χ0n) is 13.0. The molecule has 0 aromatic heterocycles. The van der Waals surface area contributed by atoms with Gasteiger partial charge in [0.25, 0.3) is 0 Å². The van der Waals surface area contributed by atoms with E-state index in [-0.39, 0.29) is 28.1 Å². The molecule has 126 valence electrons. The molecule has 24 heavy (non-hydrogen) atoms. The lowest BCUT2D eigenvalue weighted by Crippen LogP contribution is -2.00. The van der Waals surface area contributed by atoms with Crippen LogP contribution in [0.15, 0.2) is 35.5 Å². The summed E-state index contributed by atoms with van der Waals surface area (Å²) in [6, 6.07) is 7.88. The second-order valence-corrected chi connectivity index (χ2v) is 6.34. The zero-order chi connectivity index (χ0) is 17.9. The molecule has 2 aromatic carbocycles. The molecule has 0 radical (unpaired) electrons. The average molecular weight is 368 g/mol. The van der Waals surface area contributed by atoms with Crippen molar-refractivity contribution in [2.24, 2.45) is 5.18 Å². The molecule has 0 spiro atoms. The van der Waals surface area contributed by atoms with Crippen LogP contribution in [0.1, 0.15) is 30.9 Å². The first-order valence-electron chi connectivity index (χ1n) is 7.16. The third kappa shape index (κ3) is 4.24. The van der Waals surface area contributed by atoms with E-state index in [1.165, 1.54) is 12.1 Å². The van der Waals surface area contributed by atoms with Gasteiger partial charge in [0.05, 0.1) is 16.5 Å². The second-order valence-electron chi connectivity index (χ2n) is 5.53. The highest BCUT2D eigenvalue weighted by Crippen LogP contribution is 2.39. The molecule has 2 rings (SSSR count). The minimum atomic E-state index is -0.977. The Balaban J connectivity index is 2.36. The maximum Gasteiger partial charge on any atom is 0.307 e. The van der Waals surface area contributed by atoms with Gasteiger partial charge in [-0.15, -0.1) is 4.91 Å². The van der Waals surface area contributed by atoms with Gasteiger partial charge in [-0.2, -0.15) is 0 Å². The van der Waals surface area contributed by atoms with Gasteiger partial charge in [0.2, 0.25) is 0 Å². The van der Waals surface area contributed by atoms with E-state index in [9.17, 15) is 9.70 Å². The van der Waals surface area contributed by atoms with Crippen LogP contribution >= 0.6 is 23.2 Å². The largest absolute Gasteiger partial charge is 0.481 e. The molecule has 0 saturated carbocycles. The van der Waals surface area contributed by atoms with Gasteiger partial charge in [-0.25, -0.2) is 0 Å². The van der Waals surface area contributed by atoms with Crippen molar-refractivity contribution in [2.45, 2.75) is 26.2 Å². The van der Waals surface area contributed by atoms with E-state index in [4.69, 9.17) is 33.0 Å². The summed E-state index contributed by atoms with van der Waals surface area (Å²) in [5.74, 6) is -0.200.